The Hall–Kier alpha value is -2.42. The number of aromatic nitrogens is 3. The standard InChI is InChI=1S/C21H22Cl2N4O3S/c1-4-27-20(13(2)30-18-11-14(22)5-10-17(18)23)25-26-21(27)31-12-19(28)24-15-6-8-16(29-3)9-7-15/h5-11,13H,4,12H2,1-3H3,(H,24,28). The average Bonchev–Trinajstić information content (AvgIpc) is 3.18. The molecule has 3 rings (SSSR count). The van der Waals surface area contributed by atoms with Gasteiger partial charge >= 0.3 is 0 Å². The first-order valence-electron chi connectivity index (χ1n) is 9.52. The van der Waals surface area contributed by atoms with Crippen LogP contribution in [0.25, 0.3) is 0 Å². The largest absolute Gasteiger partial charge is 0.497 e. The number of amides is 1. The van der Waals surface area contributed by atoms with E-state index in [9.17, 15) is 4.79 Å². The zero-order valence-corrected chi connectivity index (χ0v) is 19.6. The summed E-state index contributed by atoms with van der Waals surface area (Å²) in [5, 5.41) is 13.0. The van der Waals surface area contributed by atoms with Gasteiger partial charge in [0.05, 0.1) is 17.9 Å². The van der Waals surface area contributed by atoms with E-state index in [1.807, 2.05) is 18.4 Å². The van der Waals surface area contributed by atoms with Gasteiger partial charge in [-0.2, -0.15) is 0 Å². The Morgan fingerprint density at radius 2 is 1.94 bits per heavy atom. The minimum Gasteiger partial charge on any atom is -0.497 e. The van der Waals surface area contributed by atoms with Crippen LogP contribution in [-0.4, -0.2) is 33.5 Å². The highest BCUT2D eigenvalue weighted by molar-refractivity contribution is 7.99. The lowest BCUT2D eigenvalue weighted by Crippen LogP contribution is -2.15. The van der Waals surface area contributed by atoms with Gasteiger partial charge in [-0.15, -0.1) is 10.2 Å². The van der Waals surface area contributed by atoms with Crippen LogP contribution in [0.5, 0.6) is 11.5 Å². The van der Waals surface area contributed by atoms with Crippen molar-refractivity contribution in [3.63, 3.8) is 0 Å². The zero-order chi connectivity index (χ0) is 22.4. The lowest BCUT2D eigenvalue weighted by atomic mass is 10.3. The van der Waals surface area contributed by atoms with E-state index < -0.39 is 6.10 Å². The number of carbonyl (C=O) groups excluding carboxylic acids is 1. The molecule has 1 amide bonds. The first kappa shape index (κ1) is 23.2. The van der Waals surface area contributed by atoms with Crippen LogP contribution in [-0.2, 0) is 11.3 Å². The fourth-order valence-corrected chi connectivity index (χ4v) is 3.95. The smallest absolute Gasteiger partial charge is 0.234 e. The lowest BCUT2D eigenvalue weighted by Gasteiger charge is -2.16. The van der Waals surface area contributed by atoms with E-state index in [2.05, 4.69) is 15.5 Å². The lowest BCUT2D eigenvalue weighted by molar-refractivity contribution is -0.113. The third kappa shape index (κ3) is 6.06. The van der Waals surface area contributed by atoms with Crippen molar-refractivity contribution < 1.29 is 14.3 Å². The molecule has 7 nitrogen and oxygen atoms in total. The highest BCUT2D eigenvalue weighted by atomic mass is 35.5. The summed E-state index contributed by atoms with van der Waals surface area (Å²) in [6.07, 6.45) is -0.411. The summed E-state index contributed by atoms with van der Waals surface area (Å²) in [4.78, 5) is 12.3. The number of thioether (sulfide) groups is 1. The predicted molar refractivity (Wildman–Crippen MR) is 124 cm³/mol. The highest BCUT2D eigenvalue weighted by Gasteiger charge is 2.20. The summed E-state index contributed by atoms with van der Waals surface area (Å²) in [5.74, 6) is 1.89. The maximum atomic E-state index is 12.3. The Morgan fingerprint density at radius 1 is 1.19 bits per heavy atom. The maximum Gasteiger partial charge on any atom is 0.234 e. The summed E-state index contributed by atoms with van der Waals surface area (Å²) in [5.41, 5.74) is 0.699. The van der Waals surface area contributed by atoms with Crippen LogP contribution < -0.4 is 14.8 Å². The zero-order valence-electron chi connectivity index (χ0n) is 17.3. The van der Waals surface area contributed by atoms with Crippen LogP contribution in [0, 0.1) is 0 Å². The molecular weight excluding hydrogens is 459 g/mol. The molecular formula is C21H22Cl2N4O3S. The first-order chi connectivity index (χ1) is 14.9. The minimum atomic E-state index is -0.411. The summed E-state index contributed by atoms with van der Waals surface area (Å²) in [6.45, 7) is 4.47. The molecule has 0 aliphatic heterocycles. The van der Waals surface area contributed by atoms with Crippen LogP contribution >= 0.6 is 35.0 Å². The first-order valence-corrected chi connectivity index (χ1v) is 11.3. The van der Waals surface area contributed by atoms with Crippen molar-refractivity contribution in [2.75, 3.05) is 18.2 Å². The van der Waals surface area contributed by atoms with Gasteiger partial charge in [-0.05, 0) is 50.2 Å². The number of anilines is 1. The predicted octanol–water partition coefficient (Wildman–Crippen LogP) is 5.48. The number of hydrogen-bond donors (Lipinski definition) is 1. The van der Waals surface area contributed by atoms with Crippen LogP contribution in [0.1, 0.15) is 25.8 Å². The number of carbonyl (C=O) groups is 1. The Morgan fingerprint density at radius 3 is 2.61 bits per heavy atom. The quantitative estimate of drug-likeness (QED) is 0.408. The number of rotatable bonds is 9. The van der Waals surface area contributed by atoms with Crippen LogP contribution in [0.4, 0.5) is 5.69 Å². The van der Waals surface area contributed by atoms with Gasteiger partial charge in [0.2, 0.25) is 5.91 Å². The molecule has 0 fully saturated rings. The number of nitrogens with one attached hydrogen (secondary N) is 1. The van der Waals surface area contributed by atoms with Crippen molar-refractivity contribution in [2.45, 2.75) is 31.7 Å². The third-order valence-corrected chi connectivity index (χ3v) is 5.84. The van der Waals surface area contributed by atoms with E-state index in [0.717, 1.165) is 5.75 Å². The number of ether oxygens (including phenoxy) is 2. The molecule has 0 saturated carbocycles. The van der Waals surface area contributed by atoms with Gasteiger partial charge in [0.25, 0.3) is 0 Å². The highest BCUT2D eigenvalue weighted by Crippen LogP contribution is 2.32. The van der Waals surface area contributed by atoms with Crippen LogP contribution in [0.2, 0.25) is 10.0 Å². The summed E-state index contributed by atoms with van der Waals surface area (Å²) >= 11 is 13.5. The number of methoxy groups -OCH3 is 1. The maximum absolute atomic E-state index is 12.3. The van der Waals surface area contributed by atoms with Gasteiger partial charge in [-0.25, -0.2) is 0 Å². The molecule has 10 heteroatoms. The number of halogens is 2. The van der Waals surface area contributed by atoms with Gasteiger partial charge < -0.3 is 19.4 Å². The Kier molecular flexibility index (Phi) is 8.06. The molecule has 0 aliphatic rings. The number of nitrogens with zero attached hydrogens (tertiary/aromatic N) is 3. The van der Waals surface area contributed by atoms with Gasteiger partial charge in [0, 0.05) is 23.3 Å². The molecule has 3 aromatic rings. The molecule has 0 radical (unpaired) electrons. The van der Waals surface area contributed by atoms with Gasteiger partial charge in [-0.3, -0.25) is 4.79 Å². The molecule has 0 spiro atoms. The molecule has 164 valence electrons. The summed E-state index contributed by atoms with van der Waals surface area (Å²) < 4.78 is 13.0. The van der Waals surface area contributed by atoms with Crippen molar-refractivity contribution in [3.05, 3.63) is 58.3 Å². The van der Waals surface area contributed by atoms with E-state index in [1.54, 1.807) is 49.6 Å². The van der Waals surface area contributed by atoms with Crippen molar-refractivity contribution in [2.24, 2.45) is 0 Å². The van der Waals surface area contributed by atoms with E-state index >= 15 is 0 Å². The van der Waals surface area contributed by atoms with Gasteiger partial charge in [-0.1, -0.05) is 35.0 Å². The van der Waals surface area contributed by atoms with Crippen molar-refractivity contribution >= 4 is 46.6 Å². The summed E-state index contributed by atoms with van der Waals surface area (Å²) in [7, 11) is 1.60. The fourth-order valence-electron chi connectivity index (χ4n) is 2.82. The second-order valence-corrected chi connectivity index (χ2v) is 8.27. The number of benzene rings is 2. The van der Waals surface area contributed by atoms with Gasteiger partial charge in [0.1, 0.15) is 11.5 Å². The molecule has 1 N–H and O–H groups in total. The van der Waals surface area contributed by atoms with Gasteiger partial charge in [0.15, 0.2) is 17.1 Å². The topological polar surface area (TPSA) is 78.3 Å². The Bertz CT molecular complexity index is 1040. The third-order valence-electron chi connectivity index (χ3n) is 4.33. The normalized spacial score (nSPS) is 11.8. The molecule has 0 aliphatic carbocycles. The Labute approximate surface area is 195 Å². The molecule has 1 atom stereocenters. The second-order valence-electron chi connectivity index (χ2n) is 6.49. The van der Waals surface area contributed by atoms with Crippen LogP contribution in [0.15, 0.2) is 47.6 Å². The average molecular weight is 481 g/mol. The van der Waals surface area contributed by atoms with E-state index in [0.29, 0.717) is 39.0 Å². The SMILES string of the molecule is CCn1c(SCC(=O)Nc2ccc(OC)cc2)nnc1C(C)Oc1cc(Cl)ccc1Cl. The monoisotopic (exact) mass is 480 g/mol. The molecule has 2 aromatic carbocycles. The Balaban J connectivity index is 1.63. The molecule has 31 heavy (non-hydrogen) atoms. The van der Waals surface area contributed by atoms with E-state index in [-0.39, 0.29) is 11.7 Å². The number of hydrogen-bond acceptors (Lipinski definition) is 6. The minimum absolute atomic E-state index is 0.141. The second kappa shape index (κ2) is 10.7. The molecule has 0 saturated heterocycles. The van der Waals surface area contributed by atoms with E-state index in [1.165, 1.54) is 11.8 Å². The van der Waals surface area contributed by atoms with Crippen LogP contribution in [0.3, 0.4) is 0 Å². The van der Waals surface area contributed by atoms with Crippen molar-refractivity contribution in [1.82, 2.24) is 14.8 Å². The molecule has 0 bridgehead atoms. The fraction of sp³-hybridized carbons (Fsp3) is 0.286. The molecule has 1 unspecified atom stereocenters. The van der Waals surface area contributed by atoms with Crippen molar-refractivity contribution in [1.29, 1.82) is 0 Å². The van der Waals surface area contributed by atoms with Crippen molar-refractivity contribution in [3.8, 4) is 11.5 Å². The molecule has 1 heterocycles. The summed E-state index contributed by atoms with van der Waals surface area (Å²) in [6, 6.07) is 12.2. The van der Waals surface area contributed by atoms with E-state index in [4.69, 9.17) is 32.7 Å². The molecule has 1 aromatic heterocycles.